The number of nitrogens with zero attached hydrogens (tertiary/aromatic N) is 4. The van der Waals surface area contributed by atoms with Crippen LogP contribution in [0.4, 0.5) is 10.2 Å². The summed E-state index contributed by atoms with van der Waals surface area (Å²) in [5.74, 6) is 0.846. The maximum atomic E-state index is 14.2. The van der Waals surface area contributed by atoms with E-state index in [1.54, 1.807) is 12.1 Å². The number of carbonyl (C=O) groups is 1. The fraction of sp³-hybridized carbons (Fsp3) is 0.500. The van der Waals surface area contributed by atoms with Gasteiger partial charge in [-0.1, -0.05) is 18.9 Å². The molecule has 4 rings (SSSR count). The molecule has 1 aromatic carbocycles. The summed E-state index contributed by atoms with van der Waals surface area (Å²) in [6, 6.07) is 4.89. The molecule has 2 aliphatic rings. The molecule has 0 radical (unpaired) electrons. The van der Waals surface area contributed by atoms with Gasteiger partial charge in [-0.3, -0.25) is 4.79 Å². The second-order valence-electron chi connectivity index (χ2n) is 6.62. The molecule has 1 aromatic heterocycles. The molecular weight excluding hydrogens is 307 g/mol. The van der Waals surface area contributed by atoms with Crippen LogP contribution in [0.25, 0.3) is 10.9 Å². The number of benzene rings is 1. The van der Waals surface area contributed by atoms with Crippen molar-refractivity contribution in [2.24, 2.45) is 5.92 Å². The molecule has 0 unspecified atom stereocenters. The number of halogens is 1. The topological polar surface area (TPSA) is 49.3 Å². The highest BCUT2D eigenvalue weighted by atomic mass is 19.1. The molecule has 2 fully saturated rings. The molecule has 1 saturated heterocycles. The molecule has 2 heterocycles. The Hall–Kier alpha value is -2.24. The van der Waals surface area contributed by atoms with Gasteiger partial charge in [0.15, 0.2) is 0 Å². The lowest BCUT2D eigenvalue weighted by Gasteiger charge is -2.36. The van der Waals surface area contributed by atoms with Crippen molar-refractivity contribution in [3.63, 3.8) is 0 Å². The van der Waals surface area contributed by atoms with Crippen LogP contribution >= 0.6 is 0 Å². The van der Waals surface area contributed by atoms with Gasteiger partial charge in [0.05, 0.1) is 10.9 Å². The molecule has 2 aromatic rings. The van der Waals surface area contributed by atoms with Gasteiger partial charge < -0.3 is 9.80 Å². The van der Waals surface area contributed by atoms with E-state index in [0.717, 1.165) is 12.8 Å². The van der Waals surface area contributed by atoms with Crippen LogP contribution in [0, 0.1) is 11.7 Å². The Bertz CT molecular complexity index is 747. The number of carbonyl (C=O) groups excluding carboxylic acids is 1. The van der Waals surface area contributed by atoms with Gasteiger partial charge in [-0.2, -0.15) is 0 Å². The smallest absolute Gasteiger partial charge is 0.225 e. The molecule has 6 heteroatoms. The summed E-state index contributed by atoms with van der Waals surface area (Å²) in [7, 11) is 0. The maximum Gasteiger partial charge on any atom is 0.225 e. The Morgan fingerprint density at radius 3 is 2.58 bits per heavy atom. The molecule has 0 N–H and O–H groups in total. The number of amides is 1. The number of anilines is 1. The Morgan fingerprint density at radius 2 is 1.83 bits per heavy atom. The van der Waals surface area contributed by atoms with E-state index < -0.39 is 0 Å². The van der Waals surface area contributed by atoms with Crippen LogP contribution in [0.3, 0.4) is 0 Å². The molecule has 5 nitrogen and oxygen atoms in total. The fourth-order valence-corrected chi connectivity index (χ4v) is 3.86. The average Bonchev–Trinajstić information content (AvgIpc) is 3.16. The molecule has 126 valence electrons. The highest BCUT2D eigenvalue weighted by molar-refractivity contribution is 5.90. The quantitative estimate of drug-likeness (QED) is 0.850. The van der Waals surface area contributed by atoms with Crippen LogP contribution in [0.1, 0.15) is 25.7 Å². The zero-order valence-electron chi connectivity index (χ0n) is 13.6. The van der Waals surface area contributed by atoms with Crippen LogP contribution in [-0.4, -0.2) is 47.0 Å². The number of hydrogen-bond acceptors (Lipinski definition) is 4. The number of piperazine rings is 1. The maximum absolute atomic E-state index is 14.2. The van der Waals surface area contributed by atoms with Crippen molar-refractivity contribution in [3.8, 4) is 0 Å². The highest BCUT2D eigenvalue weighted by Gasteiger charge is 2.30. The van der Waals surface area contributed by atoms with Gasteiger partial charge in [0.25, 0.3) is 0 Å². The molecular formula is C18H21FN4O. The van der Waals surface area contributed by atoms with E-state index >= 15 is 0 Å². The Morgan fingerprint density at radius 1 is 1.08 bits per heavy atom. The molecule has 0 spiro atoms. The first-order chi connectivity index (χ1) is 11.7. The molecule has 1 amide bonds. The minimum Gasteiger partial charge on any atom is -0.352 e. The summed E-state index contributed by atoms with van der Waals surface area (Å²) in [4.78, 5) is 25.0. The van der Waals surface area contributed by atoms with Crippen LogP contribution in [0.5, 0.6) is 0 Å². The third-order valence-corrected chi connectivity index (χ3v) is 5.19. The van der Waals surface area contributed by atoms with Crippen molar-refractivity contribution in [1.29, 1.82) is 0 Å². The van der Waals surface area contributed by atoms with Gasteiger partial charge in [0.2, 0.25) is 5.91 Å². The summed E-state index contributed by atoms with van der Waals surface area (Å²) in [6.07, 6.45) is 5.87. The molecule has 24 heavy (non-hydrogen) atoms. The van der Waals surface area contributed by atoms with Gasteiger partial charge in [-0.15, -0.1) is 0 Å². The van der Waals surface area contributed by atoms with Crippen molar-refractivity contribution in [3.05, 3.63) is 30.3 Å². The van der Waals surface area contributed by atoms with Crippen molar-refractivity contribution in [1.82, 2.24) is 14.9 Å². The molecule has 0 bridgehead atoms. The van der Waals surface area contributed by atoms with E-state index in [9.17, 15) is 9.18 Å². The fourth-order valence-electron chi connectivity index (χ4n) is 3.86. The van der Waals surface area contributed by atoms with Gasteiger partial charge in [0, 0.05) is 32.1 Å². The third-order valence-electron chi connectivity index (χ3n) is 5.19. The molecule has 1 saturated carbocycles. The predicted octanol–water partition coefficient (Wildman–Crippen LogP) is 2.61. The minimum atomic E-state index is -0.299. The van der Waals surface area contributed by atoms with Gasteiger partial charge in [-0.25, -0.2) is 14.4 Å². The highest BCUT2D eigenvalue weighted by Crippen LogP contribution is 2.29. The van der Waals surface area contributed by atoms with E-state index in [4.69, 9.17) is 0 Å². The van der Waals surface area contributed by atoms with E-state index in [0.29, 0.717) is 48.8 Å². The predicted molar refractivity (Wildman–Crippen MR) is 90.2 cm³/mol. The SMILES string of the molecule is O=C(C1CCCC1)N1CCN(c2ncnc3cccc(F)c23)CC1. The lowest BCUT2D eigenvalue weighted by Crippen LogP contribution is -2.50. The average molecular weight is 328 g/mol. The normalized spacial score (nSPS) is 19.2. The first-order valence-electron chi connectivity index (χ1n) is 8.67. The largest absolute Gasteiger partial charge is 0.352 e. The number of hydrogen-bond donors (Lipinski definition) is 0. The molecule has 1 aliphatic heterocycles. The molecule has 1 aliphatic carbocycles. The summed E-state index contributed by atoms with van der Waals surface area (Å²) in [6.45, 7) is 2.71. The zero-order valence-corrected chi connectivity index (χ0v) is 13.6. The zero-order chi connectivity index (χ0) is 16.5. The van der Waals surface area contributed by atoms with Crippen molar-refractivity contribution >= 4 is 22.6 Å². The molecule has 0 atom stereocenters. The first-order valence-corrected chi connectivity index (χ1v) is 8.67. The van der Waals surface area contributed by atoms with E-state index in [2.05, 4.69) is 14.9 Å². The van der Waals surface area contributed by atoms with Gasteiger partial charge >= 0.3 is 0 Å². The first kappa shape index (κ1) is 15.3. The lowest BCUT2D eigenvalue weighted by atomic mass is 10.1. The number of fused-ring (bicyclic) bond motifs is 1. The number of rotatable bonds is 2. The van der Waals surface area contributed by atoms with E-state index in [-0.39, 0.29) is 11.7 Å². The summed E-state index contributed by atoms with van der Waals surface area (Å²) >= 11 is 0. The second-order valence-corrected chi connectivity index (χ2v) is 6.62. The summed E-state index contributed by atoms with van der Waals surface area (Å²) in [5.41, 5.74) is 0.615. The number of aromatic nitrogens is 2. The van der Waals surface area contributed by atoms with Crippen LogP contribution in [-0.2, 0) is 4.79 Å². The standard InChI is InChI=1S/C18H21FN4O/c19-14-6-3-7-15-16(14)17(21-12-20-15)22-8-10-23(11-9-22)18(24)13-4-1-2-5-13/h3,6-7,12-13H,1-2,4-5,8-11H2. The van der Waals surface area contributed by atoms with Crippen LogP contribution in [0.15, 0.2) is 24.5 Å². The van der Waals surface area contributed by atoms with E-state index in [1.807, 2.05) is 4.90 Å². The van der Waals surface area contributed by atoms with Gasteiger partial charge in [-0.05, 0) is 25.0 Å². The minimum absolute atomic E-state index is 0.217. The van der Waals surface area contributed by atoms with Crippen LogP contribution < -0.4 is 4.90 Å². The Kier molecular flexibility index (Phi) is 4.04. The summed E-state index contributed by atoms with van der Waals surface area (Å²) < 4.78 is 14.2. The monoisotopic (exact) mass is 328 g/mol. The van der Waals surface area contributed by atoms with Crippen molar-refractivity contribution in [2.75, 3.05) is 31.1 Å². The van der Waals surface area contributed by atoms with Crippen molar-refractivity contribution in [2.45, 2.75) is 25.7 Å². The lowest BCUT2D eigenvalue weighted by molar-refractivity contribution is -0.135. The summed E-state index contributed by atoms with van der Waals surface area (Å²) in [5, 5.41) is 0.468. The van der Waals surface area contributed by atoms with Crippen molar-refractivity contribution < 1.29 is 9.18 Å². The third kappa shape index (κ3) is 2.70. The Labute approximate surface area is 140 Å². The van der Waals surface area contributed by atoms with Crippen LogP contribution in [0.2, 0.25) is 0 Å². The van der Waals surface area contributed by atoms with E-state index in [1.165, 1.54) is 25.2 Å². The van der Waals surface area contributed by atoms with Gasteiger partial charge in [0.1, 0.15) is 18.0 Å². The Balaban J connectivity index is 1.51. The second kappa shape index (κ2) is 6.34.